The molecule has 144 valence electrons. The van der Waals surface area contributed by atoms with Gasteiger partial charge in [-0.15, -0.1) is 0 Å². The van der Waals surface area contributed by atoms with Gasteiger partial charge in [0.05, 0.1) is 12.6 Å². The number of ether oxygens (including phenoxy) is 1. The van der Waals surface area contributed by atoms with Crippen LogP contribution in [0.4, 0.5) is 5.69 Å². The second kappa shape index (κ2) is 8.43. The second-order valence-electron chi connectivity index (χ2n) is 7.89. The van der Waals surface area contributed by atoms with E-state index in [4.69, 9.17) is 4.74 Å². The number of thioether (sulfide) groups is 1. The molecule has 1 atom stereocenters. The maximum Gasteiger partial charge on any atom is 0.126 e. The summed E-state index contributed by atoms with van der Waals surface area (Å²) < 4.78 is 5.58. The van der Waals surface area contributed by atoms with E-state index >= 15 is 0 Å². The predicted molar refractivity (Wildman–Crippen MR) is 121 cm³/mol. The Labute approximate surface area is 168 Å². The molecule has 0 spiro atoms. The fourth-order valence-electron chi connectivity index (χ4n) is 3.71. The fourth-order valence-corrected chi connectivity index (χ4v) is 4.81. The first-order valence-corrected chi connectivity index (χ1v) is 10.9. The summed E-state index contributed by atoms with van der Waals surface area (Å²) in [6.07, 6.45) is 4.91. The first-order chi connectivity index (χ1) is 12.9. The summed E-state index contributed by atoms with van der Waals surface area (Å²) in [6.45, 7) is 9.08. The van der Waals surface area contributed by atoms with E-state index in [1.807, 2.05) is 12.1 Å². The maximum absolute atomic E-state index is 5.58. The molecule has 1 aliphatic heterocycles. The van der Waals surface area contributed by atoms with E-state index in [-0.39, 0.29) is 5.54 Å². The molecular formula is C24H31NOS. The molecule has 27 heavy (non-hydrogen) atoms. The van der Waals surface area contributed by atoms with Gasteiger partial charge >= 0.3 is 0 Å². The van der Waals surface area contributed by atoms with E-state index < -0.39 is 0 Å². The molecule has 0 radical (unpaired) electrons. The van der Waals surface area contributed by atoms with E-state index in [1.54, 1.807) is 7.11 Å². The summed E-state index contributed by atoms with van der Waals surface area (Å²) in [5, 5.41) is 4.36. The first-order valence-electron chi connectivity index (χ1n) is 9.83. The molecule has 0 saturated carbocycles. The van der Waals surface area contributed by atoms with Crippen molar-refractivity contribution >= 4 is 23.0 Å². The Balaban J connectivity index is 1.96. The highest BCUT2D eigenvalue weighted by Gasteiger charge is 2.25. The molecule has 3 rings (SSSR count). The lowest BCUT2D eigenvalue weighted by Crippen LogP contribution is -2.32. The molecule has 3 heteroatoms. The van der Waals surface area contributed by atoms with Crippen LogP contribution in [-0.4, -0.2) is 23.7 Å². The molecule has 0 saturated heterocycles. The Kier molecular flexibility index (Phi) is 6.21. The van der Waals surface area contributed by atoms with Crippen molar-refractivity contribution in [2.75, 3.05) is 18.2 Å². The molecule has 2 aromatic rings. The van der Waals surface area contributed by atoms with Crippen molar-refractivity contribution in [1.82, 2.24) is 0 Å². The highest BCUT2D eigenvalue weighted by atomic mass is 32.2. The lowest BCUT2D eigenvalue weighted by molar-refractivity contribution is 0.416. The average Bonchev–Trinajstić information content (AvgIpc) is 2.65. The Morgan fingerprint density at radius 2 is 1.89 bits per heavy atom. The monoisotopic (exact) mass is 381 g/mol. The van der Waals surface area contributed by atoms with E-state index in [0.717, 1.165) is 17.1 Å². The molecule has 1 N–H and O–H groups in total. The van der Waals surface area contributed by atoms with Crippen molar-refractivity contribution in [1.29, 1.82) is 0 Å². The maximum atomic E-state index is 5.58. The zero-order valence-electron chi connectivity index (χ0n) is 17.1. The molecule has 0 bridgehead atoms. The van der Waals surface area contributed by atoms with Gasteiger partial charge in [-0.25, -0.2) is 0 Å². The van der Waals surface area contributed by atoms with Crippen LogP contribution in [0.1, 0.15) is 46.1 Å². The third kappa shape index (κ3) is 4.70. The number of hydrogen-bond donors (Lipinski definition) is 1. The quantitative estimate of drug-likeness (QED) is 0.565. The molecule has 2 aromatic carbocycles. The molecule has 1 heterocycles. The largest absolute Gasteiger partial charge is 0.496 e. The van der Waals surface area contributed by atoms with Gasteiger partial charge in [-0.3, -0.25) is 0 Å². The summed E-state index contributed by atoms with van der Waals surface area (Å²) >= 11 is 2.06. The van der Waals surface area contributed by atoms with Crippen LogP contribution in [0.5, 0.6) is 5.75 Å². The predicted octanol–water partition coefficient (Wildman–Crippen LogP) is 6.87. The van der Waals surface area contributed by atoms with Crippen LogP contribution in [0.2, 0.25) is 0 Å². The van der Waals surface area contributed by atoms with Gasteiger partial charge in [0.25, 0.3) is 0 Å². The van der Waals surface area contributed by atoms with Crippen molar-refractivity contribution in [3.63, 3.8) is 0 Å². The van der Waals surface area contributed by atoms with Crippen molar-refractivity contribution in [2.45, 2.75) is 51.3 Å². The Hall–Kier alpha value is -1.87. The van der Waals surface area contributed by atoms with E-state index in [1.165, 1.54) is 35.2 Å². The van der Waals surface area contributed by atoms with Crippen LogP contribution in [0.15, 0.2) is 48.5 Å². The number of benzene rings is 2. The summed E-state index contributed by atoms with van der Waals surface area (Å²) in [5.41, 5.74) is 6.28. The summed E-state index contributed by atoms with van der Waals surface area (Å²) in [7, 11) is 1.73. The van der Waals surface area contributed by atoms with Crippen LogP contribution in [-0.2, 0) is 0 Å². The summed E-state index contributed by atoms with van der Waals surface area (Å²) in [5.74, 6) is 1.97. The molecule has 0 fully saturated rings. The third-order valence-electron chi connectivity index (χ3n) is 4.99. The van der Waals surface area contributed by atoms with Crippen LogP contribution in [0.3, 0.4) is 0 Å². The number of hydrogen-bond acceptors (Lipinski definition) is 3. The zero-order valence-corrected chi connectivity index (χ0v) is 18.0. The van der Waals surface area contributed by atoms with E-state index in [9.17, 15) is 0 Å². The Morgan fingerprint density at radius 1 is 1.11 bits per heavy atom. The molecular weight excluding hydrogens is 350 g/mol. The van der Waals surface area contributed by atoms with Gasteiger partial charge in [0.1, 0.15) is 5.75 Å². The van der Waals surface area contributed by atoms with E-state index in [2.05, 4.69) is 81.2 Å². The lowest BCUT2D eigenvalue weighted by atomic mass is 9.89. The number of rotatable bonds is 7. The van der Waals surface area contributed by atoms with E-state index in [0.29, 0.717) is 5.25 Å². The third-order valence-corrected chi connectivity index (χ3v) is 6.28. The zero-order chi connectivity index (χ0) is 19.4. The number of nitrogens with one attached hydrogen (secondary N) is 1. The highest BCUT2D eigenvalue weighted by molar-refractivity contribution is 8.00. The van der Waals surface area contributed by atoms with Gasteiger partial charge in [-0.05, 0) is 49.6 Å². The minimum atomic E-state index is -0.0250. The van der Waals surface area contributed by atoms with Crippen molar-refractivity contribution in [3.05, 3.63) is 54.1 Å². The number of methoxy groups -OCH3 is 1. The number of anilines is 1. The minimum Gasteiger partial charge on any atom is -0.496 e. The average molecular weight is 382 g/mol. The van der Waals surface area contributed by atoms with Crippen LogP contribution >= 0.6 is 11.8 Å². The lowest BCUT2D eigenvalue weighted by Gasteiger charge is -2.33. The number of fused-ring (bicyclic) bond motifs is 1. The minimum absolute atomic E-state index is 0.0250. The van der Waals surface area contributed by atoms with Crippen LogP contribution in [0, 0.1) is 0 Å². The van der Waals surface area contributed by atoms with Gasteiger partial charge in [0.15, 0.2) is 0 Å². The highest BCUT2D eigenvalue weighted by Crippen LogP contribution is 2.40. The first kappa shape index (κ1) is 19.9. The molecule has 0 aromatic heterocycles. The molecule has 1 aliphatic rings. The topological polar surface area (TPSA) is 21.3 Å². The van der Waals surface area contributed by atoms with Crippen molar-refractivity contribution < 1.29 is 4.74 Å². The van der Waals surface area contributed by atoms with Crippen LogP contribution < -0.4 is 10.1 Å². The Morgan fingerprint density at radius 3 is 2.63 bits per heavy atom. The van der Waals surface area contributed by atoms with Gasteiger partial charge in [-0.1, -0.05) is 50.6 Å². The Bertz CT molecular complexity index is 825. The van der Waals surface area contributed by atoms with Crippen molar-refractivity contribution in [2.24, 2.45) is 0 Å². The fraction of sp³-hybridized carbons (Fsp3) is 0.417. The molecule has 1 unspecified atom stereocenters. The normalized spacial score (nSPS) is 16.1. The summed E-state index contributed by atoms with van der Waals surface area (Å²) in [4.78, 5) is 0. The van der Waals surface area contributed by atoms with Crippen molar-refractivity contribution in [3.8, 4) is 16.9 Å². The van der Waals surface area contributed by atoms with Gasteiger partial charge in [0.2, 0.25) is 0 Å². The standard InChI is InChI=1S/C24H31NOS/c1-6-9-17(2)27-16-19-15-24(3,4)25-22-13-12-18(14-21(19)22)20-10-7-8-11-23(20)26-5/h7-8,10-15,17,25H,6,9,16H2,1-5H3. The smallest absolute Gasteiger partial charge is 0.126 e. The second-order valence-corrected chi connectivity index (χ2v) is 9.31. The molecule has 2 nitrogen and oxygen atoms in total. The SMILES string of the molecule is CCCC(C)SCC1=CC(C)(C)Nc2ccc(-c3ccccc3OC)cc21. The molecule has 0 aliphatic carbocycles. The van der Waals surface area contributed by atoms with Gasteiger partial charge < -0.3 is 10.1 Å². The summed E-state index contributed by atoms with van der Waals surface area (Å²) in [6, 6.07) is 14.9. The number of para-hydroxylation sites is 1. The van der Waals surface area contributed by atoms with Gasteiger partial charge in [-0.2, -0.15) is 11.8 Å². The molecule has 0 amide bonds. The van der Waals surface area contributed by atoms with Crippen LogP contribution in [0.25, 0.3) is 16.7 Å². The van der Waals surface area contributed by atoms with Gasteiger partial charge in [0, 0.05) is 27.8 Å².